The number of benzene rings is 1. The fourth-order valence-electron chi connectivity index (χ4n) is 2.57. The zero-order valence-corrected chi connectivity index (χ0v) is 13.1. The Kier molecular flexibility index (Phi) is 4.68. The van der Waals surface area contributed by atoms with Crippen LogP contribution in [0.3, 0.4) is 0 Å². The molecule has 0 bridgehead atoms. The number of aromatic nitrogens is 1. The summed E-state index contributed by atoms with van der Waals surface area (Å²) in [5.74, 6) is 0. The summed E-state index contributed by atoms with van der Waals surface area (Å²) in [5, 5.41) is 1.51. The van der Waals surface area contributed by atoms with Gasteiger partial charge < -0.3 is 4.74 Å². The molecule has 1 saturated heterocycles. The second-order valence-electron chi connectivity index (χ2n) is 5.20. The summed E-state index contributed by atoms with van der Waals surface area (Å²) in [6.45, 7) is 4.20. The van der Waals surface area contributed by atoms with Crippen molar-refractivity contribution in [3.63, 3.8) is 0 Å². The molecule has 7 heteroatoms. The highest BCUT2D eigenvalue weighted by Crippen LogP contribution is 2.21. The molecule has 0 radical (unpaired) electrons. The number of fused-ring (bicyclic) bond motifs is 1. The predicted octanol–water partition coefficient (Wildman–Crippen LogP) is 0.845. The molecule has 2 heterocycles. The van der Waals surface area contributed by atoms with Crippen LogP contribution < -0.4 is 4.72 Å². The molecule has 1 aliphatic rings. The van der Waals surface area contributed by atoms with E-state index in [-0.39, 0.29) is 0 Å². The van der Waals surface area contributed by atoms with E-state index in [0.29, 0.717) is 36.6 Å². The fraction of sp³-hybridized carbons (Fsp3) is 0.400. The lowest BCUT2D eigenvalue weighted by atomic mass is 10.2. The number of pyridine rings is 1. The molecule has 2 aromatic rings. The summed E-state index contributed by atoms with van der Waals surface area (Å²) in [6.07, 6.45) is 3.27. The minimum Gasteiger partial charge on any atom is -0.379 e. The van der Waals surface area contributed by atoms with Gasteiger partial charge in [-0.1, -0.05) is 12.1 Å². The van der Waals surface area contributed by atoms with E-state index >= 15 is 0 Å². The van der Waals surface area contributed by atoms with Gasteiger partial charge in [0.2, 0.25) is 10.0 Å². The van der Waals surface area contributed by atoms with E-state index in [0.717, 1.165) is 18.5 Å². The first-order valence-corrected chi connectivity index (χ1v) is 8.78. The molecule has 118 valence electrons. The molecule has 0 spiro atoms. The van der Waals surface area contributed by atoms with Gasteiger partial charge in [0, 0.05) is 49.3 Å². The van der Waals surface area contributed by atoms with Gasteiger partial charge in [-0.25, -0.2) is 13.1 Å². The highest BCUT2D eigenvalue weighted by Gasteiger charge is 2.17. The van der Waals surface area contributed by atoms with E-state index in [1.54, 1.807) is 30.6 Å². The van der Waals surface area contributed by atoms with E-state index in [2.05, 4.69) is 14.6 Å². The van der Waals surface area contributed by atoms with Crippen LogP contribution in [-0.4, -0.2) is 57.7 Å². The van der Waals surface area contributed by atoms with Crippen molar-refractivity contribution in [1.29, 1.82) is 0 Å². The zero-order valence-electron chi connectivity index (χ0n) is 12.2. The highest BCUT2D eigenvalue weighted by atomic mass is 32.2. The standard InChI is InChI=1S/C15H19N3O3S/c19-22(20,17-6-7-18-8-10-21-11-9-18)15-3-1-2-13-12-16-5-4-14(13)15/h1-5,12,17H,6-11H2. The molecule has 1 N–H and O–H groups in total. The quantitative estimate of drug-likeness (QED) is 0.884. The van der Waals surface area contributed by atoms with Gasteiger partial charge in [-0.05, 0) is 12.1 Å². The maximum absolute atomic E-state index is 12.5. The number of nitrogens with zero attached hydrogens (tertiary/aromatic N) is 2. The van der Waals surface area contributed by atoms with E-state index in [1.165, 1.54) is 0 Å². The van der Waals surface area contributed by atoms with Crippen molar-refractivity contribution in [3.05, 3.63) is 36.7 Å². The fourth-order valence-corrected chi connectivity index (χ4v) is 3.82. The highest BCUT2D eigenvalue weighted by molar-refractivity contribution is 7.89. The molecule has 0 amide bonds. The topological polar surface area (TPSA) is 71.5 Å². The average molecular weight is 321 g/mol. The molecule has 0 aliphatic carbocycles. The van der Waals surface area contributed by atoms with E-state index in [1.807, 2.05) is 6.07 Å². The molecule has 22 heavy (non-hydrogen) atoms. The Labute approximate surface area is 130 Å². The van der Waals surface area contributed by atoms with Crippen molar-refractivity contribution in [3.8, 4) is 0 Å². The van der Waals surface area contributed by atoms with Gasteiger partial charge in [0.25, 0.3) is 0 Å². The maximum Gasteiger partial charge on any atom is 0.241 e. The van der Waals surface area contributed by atoms with Crippen molar-refractivity contribution in [1.82, 2.24) is 14.6 Å². The van der Waals surface area contributed by atoms with Gasteiger partial charge in [0.05, 0.1) is 18.1 Å². The third-order valence-electron chi connectivity index (χ3n) is 3.75. The maximum atomic E-state index is 12.5. The molecule has 1 aliphatic heterocycles. The van der Waals surface area contributed by atoms with Gasteiger partial charge in [-0.2, -0.15) is 0 Å². The Morgan fingerprint density at radius 3 is 2.86 bits per heavy atom. The monoisotopic (exact) mass is 321 g/mol. The second kappa shape index (κ2) is 6.70. The number of ether oxygens (including phenoxy) is 1. The minimum absolute atomic E-state index is 0.300. The smallest absolute Gasteiger partial charge is 0.241 e. The largest absolute Gasteiger partial charge is 0.379 e. The molecule has 1 aromatic carbocycles. The minimum atomic E-state index is -3.52. The summed E-state index contributed by atoms with van der Waals surface area (Å²) in [7, 11) is -3.52. The number of rotatable bonds is 5. The van der Waals surface area contributed by atoms with Crippen LogP contribution in [0.2, 0.25) is 0 Å². The average Bonchev–Trinajstić information content (AvgIpc) is 2.55. The Balaban J connectivity index is 1.71. The number of hydrogen-bond donors (Lipinski definition) is 1. The number of hydrogen-bond acceptors (Lipinski definition) is 5. The molecule has 6 nitrogen and oxygen atoms in total. The van der Waals surface area contributed by atoms with Gasteiger partial charge >= 0.3 is 0 Å². The summed E-state index contributed by atoms with van der Waals surface area (Å²) in [6, 6.07) is 6.95. The summed E-state index contributed by atoms with van der Waals surface area (Å²) < 4.78 is 33.0. The zero-order chi connectivity index (χ0) is 15.4. The number of nitrogens with one attached hydrogen (secondary N) is 1. The second-order valence-corrected chi connectivity index (χ2v) is 6.94. The number of morpholine rings is 1. The van der Waals surface area contributed by atoms with Crippen LogP contribution in [-0.2, 0) is 14.8 Å². The molecular weight excluding hydrogens is 302 g/mol. The van der Waals surface area contributed by atoms with Gasteiger partial charge in [0.15, 0.2) is 0 Å². The summed E-state index contributed by atoms with van der Waals surface area (Å²) >= 11 is 0. The Morgan fingerprint density at radius 1 is 1.23 bits per heavy atom. The lowest BCUT2D eigenvalue weighted by molar-refractivity contribution is 0.0390. The molecule has 0 unspecified atom stereocenters. The van der Waals surface area contributed by atoms with Crippen LogP contribution in [0, 0.1) is 0 Å². The normalized spacial score (nSPS) is 16.9. The molecule has 0 atom stereocenters. The van der Waals surface area contributed by atoms with Crippen LogP contribution in [0.25, 0.3) is 10.8 Å². The van der Waals surface area contributed by atoms with E-state index < -0.39 is 10.0 Å². The molecular formula is C15H19N3O3S. The lowest BCUT2D eigenvalue weighted by Crippen LogP contribution is -2.41. The molecule has 1 aromatic heterocycles. The molecule has 3 rings (SSSR count). The van der Waals surface area contributed by atoms with Crippen LogP contribution in [0.5, 0.6) is 0 Å². The van der Waals surface area contributed by atoms with Crippen molar-refractivity contribution in [2.24, 2.45) is 0 Å². The van der Waals surface area contributed by atoms with Crippen LogP contribution >= 0.6 is 0 Å². The number of sulfonamides is 1. The van der Waals surface area contributed by atoms with Gasteiger partial charge in [-0.3, -0.25) is 9.88 Å². The van der Waals surface area contributed by atoms with Crippen molar-refractivity contribution in [2.45, 2.75) is 4.90 Å². The van der Waals surface area contributed by atoms with Crippen molar-refractivity contribution < 1.29 is 13.2 Å². The SMILES string of the molecule is O=S(=O)(NCCN1CCOCC1)c1cccc2cnccc12. The van der Waals surface area contributed by atoms with E-state index in [9.17, 15) is 8.42 Å². The molecule has 0 saturated carbocycles. The summed E-state index contributed by atoms with van der Waals surface area (Å²) in [5.41, 5.74) is 0. The lowest BCUT2D eigenvalue weighted by Gasteiger charge is -2.26. The predicted molar refractivity (Wildman–Crippen MR) is 84.2 cm³/mol. The third-order valence-corrected chi connectivity index (χ3v) is 5.27. The molecule has 1 fully saturated rings. The first kappa shape index (κ1) is 15.4. The van der Waals surface area contributed by atoms with Crippen molar-refractivity contribution in [2.75, 3.05) is 39.4 Å². The van der Waals surface area contributed by atoms with Crippen LogP contribution in [0.1, 0.15) is 0 Å². The summed E-state index contributed by atoms with van der Waals surface area (Å²) in [4.78, 5) is 6.52. The van der Waals surface area contributed by atoms with Gasteiger partial charge in [-0.15, -0.1) is 0 Å². The first-order chi connectivity index (χ1) is 10.7. The third kappa shape index (κ3) is 3.44. The van der Waals surface area contributed by atoms with Crippen LogP contribution in [0.15, 0.2) is 41.6 Å². The Hall–Kier alpha value is -1.54. The van der Waals surface area contributed by atoms with Crippen LogP contribution in [0.4, 0.5) is 0 Å². The van der Waals surface area contributed by atoms with Gasteiger partial charge in [0.1, 0.15) is 0 Å². The Morgan fingerprint density at radius 2 is 2.05 bits per heavy atom. The first-order valence-electron chi connectivity index (χ1n) is 7.29. The van der Waals surface area contributed by atoms with E-state index in [4.69, 9.17) is 4.74 Å². The van der Waals surface area contributed by atoms with Crippen molar-refractivity contribution >= 4 is 20.8 Å². The Bertz CT molecular complexity index is 737.